The Kier molecular flexibility index (Phi) is 3.63. The van der Waals surface area contributed by atoms with Gasteiger partial charge < -0.3 is 10.5 Å². The van der Waals surface area contributed by atoms with Crippen LogP contribution in [0.3, 0.4) is 0 Å². The van der Waals surface area contributed by atoms with Crippen molar-refractivity contribution in [2.24, 2.45) is 0 Å². The van der Waals surface area contributed by atoms with Gasteiger partial charge in [-0.2, -0.15) is 5.10 Å². The average molecular weight is 271 g/mol. The third kappa shape index (κ3) is 2.50. The molecule has 4 heteroatoms. The van der Waals surface area contributed by atoms with Crippen molar-refractivity contribution < 1.29 is 4.74 Å². The highest BCUT2D eigenvalue weighted by Gasteiger charge is 2.18. The highest BCUT2D eigenvalue weighted by Crippen LogP contribution is 2.32. The minimum Gasteiger partial charge on any atom is -0.497 e. The molecule has 20 heavy (non-hydrogen) atoms. The number of benzene rings is 1. The summed E-state index contributed by atoms with van der Waals surface area (Å²) in [6.45, 7) is 0. The summed E-state index contributed by atoms with van der Waals surface area (Å²) in [4.78, 5) is 0. The first-order valence-electron chi connectivity index (χ1n) is 7.27. The van der Waals surface area contributed by atoms with Crippen molar-refractivity contribution >= 4 is 5.69 Å². The highest BCUT2D eigenvalue weighted by molar-refractivity contribution is 5.72. The third-order valence-electron chi connectivity index (χ3n) is 4.05. The summed E-state index contributed by atoms with van der Waals surface area (Å²) in [5.41, 5.74) is 8.75. The Bertz CT molecular complexity index is 585. The van der Waals surface area contributed by atoms with Gasteiger partial charge in [-0.15, -0.1) is 0 Å². The lowest BCUT2D eigenvalue weighted by Gasteiger charge is -2.21. The van der Waals surface area contributed by atoms with Crippen LogP contribution in [0.4, 0.5) is 5.69 Å². The maximum atomic E-state index is 6.15. The van der Waals surface area contributed by atoms with Crippen LogP contribution in [0.1, 0.15) is 38.1 Å². The lowest BCUT2D eigenvalue weighted by molar-refractivity contribution is 0.330. The van der Waals surface area contributed by atoms with Gasteiger partial charge in [-0.25, -0.2) is 0 Å². The maximum absolute atomic E-state index is 6.15. The van der Waals surface area contributed by atoms with Gasteiger partial charge in [-0.1, -0.05) is 31.4 Å². The number of nitrogen functional groups attached to an aromatic ring is 1. The molecule has 1 fully saturated rings. The van der Waals surface area contributed by atoms with E-state index < -0.39 is 0 Å². The van der Waals surface area contributed by atoms with Crippen LogP contribution < -0.4 is 10.5 Å². The molecule has 106 valence electrons. The van der Waals surface area contributed by atoms with Gasteiger partial charge in [0.15, 0.2) is 0 Å². The first-order chi connectivity index (χ1) is 9.78. The van der Waals surface area contributed by atoms with Crippen LogP contribution in [0.15, 0.2) is 30.5 Å². The number of nitrogens with two attached hydrogens (primary N) is 1. The van der Waals surface area contributed by atoms with E-state index in [1.54, 1.807) is 7.11 Å². The first-order valence-corrected chi connectivity index (χ1v) is 7.27. The van der Waals surface area contributed by atoms with Crippen LogP contribution in [-0.2, 0) is 0 Å². The molecule has 0 amide bonds. The van der Waals surface area contributed by atoms with Crippen molar-refractivity contribution in [1.29, 1.82) is 0 Å². The van der Waals surface area contributed by atoms with Gasteiger partial charge in [0.1, 0.15) is 11.4 Å². The van der Waals surface area contributed by atoms with Crippen LogP contribution in [0.25, 0.3) is 11.3 Å². The Balaban J connectivity index is 1.91. The molecule has 2 N–H and O–H groups in total. The van der Waals surface area contributed by atoms with Gasteiger partial charge in [-0.3, -0.25) is 4.68 Å². The number of hydrogen-bond acceptors (Lipinski definition) is 3. The van der Waals surface area contributed by atoms with Crippen LogP contribution in [0, 0.1) is 0 Å². The topological polar surface area (TPSA) is 53.1 Å². The lowest BCUT2D eigenvalue weighted by Crippen LogP contribution is -2.13. The molecule has 3 rings (SSSR count). The number of hydrogen-bond donors (Lipinski definition) is 1. The summed E-state index contributed by atoms with van der Waals surface area (Å²) in [6.07, 6.45) is 8.32. The second-order valence-electron chi connectivity index (χ2n) is 5.44. The van der Waals surface area contributed by atoms with Crippen molar-refractivity contribution in [1.82, 2.24) is 9.78 Å². The fraction of sp³-hybridized carbons (Fsp3) is 0.438. The highest BCUT2D eigenvalue weighted by atomic mass is 16.5. The Hall–Kier alpha value is -1.97. The number of rotatable bonds is 3. The molecule has 1 aliphatic carbocycles. The Morgan fingerprint density at radius 2 is 2.05 bits per heavy atom. The molecule has 1 aromatic carbocycles. The quantitative estimate of drug-likeness (QED) is 0.927. The molecule has 0 aliphatic heterocycles. The monoisotopic (exact) mass is 271 g/mol. The summed E-state index contributed by atoms with van der Waals surface area (Å²) >= 11 is 0. The van der Waals surface area contributed by atoms with Gasteiger partial charge in [0.25, 0.3) is 0 Å². The van der Waals surface area contributed by atoms with Gasteiger partial charge in [0.2, 0.25) is 0 Å². The molecule has 0 radical (unpaired) electrons. The summed E-state index contributed by atoms with van der Waals surface area (Å²) in [5.74, 6) is 0.828. The Labute approximate surface area is 119 Å². The zero-order valence-electron chi connectivity index (χ0n) is 11.9. The molecule has 2 aromatic rings. The molecule has 4 nitrogen and oxygen atoms in total. The number of nitrogens with zero attached hydrogens (tertiary/aromatic N) is 2. The first kappa shape index (κ1) is 13.0. The molecule has 0 spiro atoms. The van der Waals surface area contributed by atoms with Crippen molar-refractivity contribution in [2.45, 2.75) is 38.1 Å². The third-order valence-corrected chi connectivity index (χ3v) is 4.05. The minimum absolute atomic E-state index is 0.505. The van der Waals surface area contributed by atoms with E-state index in [9.17, 15) is 0 Å². The van der Waals surface area contributed by atoms with E-state index in [0.717, 1.165) is 22.7 Å². The standard InChI is InChI=1S/C16H21N3O/c1-20-14-9-5-6-12(10-14)16-15(17)11-19(18-16)13-7-3-2-4-8-13/h5-6,9-11,13H,2-4,7-8,17H2,1H3. The van der Waals surface area contributed by atoms with Crippen LogP contribution >= 0.6 is 0 Å². The molecule has 0 bridgehead atoms. The molecule has 0 atom stereocenters. The minimum atomic E-state index is 0.505. The average Bonchev–Trinajstić information content (AvgIpc) is 2.90. The van der Waals surface area contributed by atoms with E-state index in [0.29, 0.717) is 6.04 Å². The van der Waals surface area contributed by atoms with E-state index in [2.05, 4.69) is 4.68 Å². The maximum Gasteiger partial charge on any atom is 0.119 e. The van der Waals surface area contributed by atoms with Crippen molar-refractivity contribution in [3.8, 4) is 17.0 Å². The van der Waals surface area contributed by atoms with Crippen LogP contribution in [0.2, 0.25) is 0 Å². The lowest BCUT2D eigenvalue weighted by atomic mass is 9.96. The molecule has 1 aliphatic rings. The molecule has 0 unspecified atom stereocenters. The largest absolute Gasteiger partial charge is 0.497 e. The van der Waals surface area contributed by atoms with Gasteiger partial charge in [0, 0.05) is 11.8 Å². The van der Waals surface area contributed by atoms with E-state index in [4.69, 9.17) is 15.6 Å². The normalized spacial score (nSPS) is 16.2. The van der Waals surface area contributed by atoms with Crippen molar-refractivity contribution in [3.05, 3.63) is 30.5 Å². The fourth-order valence-corrected chi connectivity index (χ4v) is 2.93. The summed E-state index contributed by atoms with van der Waals surface area (Å²) in [6, 6.07) is 8.40. The number of anilines is 1. The predicted molar refractivity (Wildman–Crippen MR) is 80.7 cm³/mol. The molecule has 1 saturated carbocycles. The van der Waals surface area contributed by atoms with E-state index in [-0.39, 0.29) is 0 Å². The van der Waals surface area contributed by atoms with E-state index >= 15 is 0 Å². The van der Waals surface area contributed by atoms with Gasteiger partial charge in [-0.05, 0) is 25.0 Å². The summed E-state index contributed by atoms with van der Waals surface area (Å²) < 4.78 is 7.32. The van der Waals surface area contributed by atoms with Crippen LogP contribution in [0.5, 0.6) is 5.75 Å². The van der Waals surface area contributed by atoms with Crippen molar-refractivity contribution in [3.63, 3.8) is 0 Å². The van der Waals surface area contributed by atoms with Crippen molar-refractivity contribution in [2.75, 3.05) is 12.8 Å². The second kappa shape index (κ2) is 5.57. The fourth-order valence-electron chi connectivity index (χ4n) is 2.93. The molecule has 1 heterocycles. The van der Waals surface area contributed by atoms with Gasteiger partial charge >= 0.3 is 0 Å². The predicted octanol–water partition coefficient (Wildman–Crippen LogP) is 3.65. The molecular weight excluding hydrogens is 250 g/mol. The molecular formula is C16H21N3O. The smallest absolute Gasteiger partial charge is 0.119 e. The molecule has 1 aromatic heterocycles. The van der Waals surface area contributed by atoms with E-state index in [1.807, 2.05) is 30.5 Å². The number of aromatic nitrogens is 2. The summed E-state index contributed by atoms with van der Waals surface area (Å²) in [7, 11) is 1.67. The number of ether oxygens (including phenoxy) is 1. The zero-order chi connectivity index (χ0) is 13.9. The number of methoxy groups -OCH3 is 1. The van der Waals surface area contributed by atoms with Crippen LogP contribution in [-0.4, -0.2) is 16.9 Å². The summed E-state index contributed by atoms with van der Waals surface area (Å²) in [5, 5.41) is 4.72. The zero-order valence-corrected chi connectivity index (χ0v) is 11.9. The SMILES string of the molecule is COc1cccc(-c2nn(C3CCCCC3)cc2N)c1. The molecule has 0 saturated heterocycles. The Morgan fingerprint density at radius 1 is 1.25 bits per heavy atom. The Morgan fingerprint density at radius 3 is 2.80 bits per heavy atom. The van der Waals surface area contributed by atoms with Gasteiger partial charge in [0.05, 0.1) is 18.8 Å². The van der Waals surface area contributed by atoms with E-state index in [1.165, 1.54) is 32.1 Å². The second-order valence-corrected chi connectivity index (χ2v) is 5.44.